The predicted octanol–water partition coefficient (Wildman–Crippen LogP) is 3.15. The second-order valence-electron chi connectivity index (χ2n) is 6.02. The summed E-state index contributed by atoms with van der Waals surface area (Å²) in [6.07, 6.45) is -0.481. The normalized spacial score (nSPS) is 16.8. The van der Waals surface area contributed by atoms with Crippen molar-refractivity contribution in [3.05, 3.63) is 23.6 Å². The molecule has 1 aromatic heterocycles. The standard InChI is InChI=1S/C17H19N3O3S/c1-9(2)15(21)19-17-18-12(8-24-17)11-5-6-14-13(7-11)20(4)16(22)10(3)23-14/h5-10H,1-4H3,(H,18,19,21). The molecule has 7 heteroatoms. The van der Waals surface area contributed by atoms with Gasteiger partial charge in [-0.15, -0.1) is 11.3 Å². The van der Waals surface area contributed by atoms with Crippen LogP contribution in [0.1, 0.15) is 20.8 Å². The molecule has 1 aromatic carbocycles. The average molecular weight is 345 g/mol. The van der Waals surface area contributed by atoms with Gasteiger partial charge in [0.1, 0.15) is 5.75 Å². The smallest absolute Gasteiger partial charge is 0.267 e. The van der Waals surface area contributed by atoms with Crippen molar-refractivity contribution in [1.82, 2.24) is 4.98 Å². The molecule has 0 saturated carbocycles. The van der Waals surface area contributed by atoms with Crippen LogP contribution in [0.25, 0.3) is 11.3 Å². The zero-order valence-electron chi connectivity index (χ0n) is 14.0. The molecular weight excluding hydrogens is 326 g/mol. The Bertz CT molecular complexity index is 800. The Morgan fingerprint density at radius 2 is 2.17 bits per heavy atom. The Labute approximate surface area is 144 Å². The van der Waals surface area contributed by atoms with Gasteiger partial charge < -0.3 is 15.0 Å². The van der Waals surface area contributed by atoms with Crippen LogP contribution in [0.5, 0.6) is 5.75 Å². The van der Waals surface area contributed by atoms with Gasteiger partial charge in [0.25, 0.3) is 5.91 Å². The molecule has 6 nitrogen and oxygen atoms in total. The van der Waals surface area contributed by atoms with Crippen LogP contribution in [-0.2, 0) is 9.59 Å². The molecule has 0 spiro atoms. The van der Waals surface area contributed by atoms with Crippen molar-refractivity contribution in [1.29, 1.82) is 0 Å². The summed E-state index contributed by atoms with van der Waals surface area (Å²) in [5.74, 6) is 0.439. The molecule has 1 atom stereocenters. The highest BCUT2D eigenvalue weighted by Gasteiger charge is 2.29. The second-order valence-corrected chi connectivity index (χ2v) is 6.88. The van der Waals surface area contributed by atoms with E-state index in [9.17, 15) is 9.59 Å². The highest BCUT2D eigenvalue weighted by atomic mass is 32.1. The number of rotatable bonds is 3. The van der Waals surface area contributed by atoms with Crippen molar-refractivity contribution in [2.45, 2.75) is 26.9 Å². The van der Waals surface area contributed by atoms with Crippen molar-refractivity contribution in [3.8, 4) is 17.0 Å². The number of nitrogens with zero attached hydrogens (tertiary/aromatic N) is 2. The van der Waals surface area contributed by atoms with Crippen molar-refractivity contribution in [2.24, 2.45) is 5.92 Å². The van der Waals surface area contributed by atoms with Gasteiger partial charge in [0.2, 0.25) is 5.91 Å². The predicted molar refractivity (Wildman–Crippen MR) is 94.5 cm³/mol. The number of benzene rings is 1. The van der Waals surface area contributed by atoms with Gasteiger partial charge in [-0.2, -0.15) is 0 Å². The van der Waals surface area contributed by atoms with Gasteiger partial charge in [-0.3, -0.25) is 9.59 Å². The second kappa shape index (κ2) is 6.24. The molecule has 0 fully saturated rings. The lowest BCUT2D eigenvalue weighted by molar-refractivity contribution is -0.125. The fourth-order valence-corrected chi connectivity index (χ4v) is 3.11. The Morgan fingerprint density at radius 1 is 1.42 bits per heavy atom. The molecule has 1 aliphatic rings. The van der Waals surface area contributed by atoms with Gasteiger partial charge in [0.15, 0.2) is 11.2 Å². The first-order chi connectivity index (χ1) is 11.4. The van der Waals surface area contributed by atoms with Gasteiger partial charge in [-0.05, 0) is 25.1 Å². The highest BCUT2D eigenvalue weighted by molar-refractivity contribution is 7.14. The van der Waals surface area contributed by atoms with E-state index in [1.807, 2.05) is 37.4 Å². The maximum Gasteiger partial charge on any atom is 0.267 e. The van der Waals surface area contributed by atoms with Crippen LogP contribution >= 0.6 is 11.3 Å². The number of hydrogen-bond donors (Lipinski definition) is 1. The lowest BCUT2D eigenvalue weighted by Crippen LogP contribution is -2.41. The molecule has 1 unspecified atom stereocenters. The Morgan fingerprint density at radius 3 is 2.88 bits per heavy atom. The van der Waals surface area contributed by atoms with E-state index in [2.05, 4.69) is 10.3 Å². The quantitative estimate of drug-likeness (QED) is 0.927. The number of hydrogen-bond acceptors (Lipinski definition) is 5. The zero-order valence-corrected chi connectivity index (χ0v) is 14.8. The number of anilines is 2. The maximum absolute atomic E-state index is 12.1. The van der Waals surface area contributed by atoms with E-state index in [0.717, 1.165) is 16.9 Å². The summed E-state index contributed by atoms with van der Waals surface area (Å²) in [4.78, 5) is 29.9. The minimum absolute atomic E-state index is 0.0611. The third-order valence-electron chi connectivity index (χ3n) is 3.86. The number of carbonyl (C=O) groups excluding carboxylic acids is 2. The molecule has 1 aliphatic heterocycles. The van der Waals surface area contributed by atoms with Crippen LogP contribution in [-0.4, -0.2) is 29.9 Å². The molecule has 0 radical (unpaired) electrons. The van der Waals surface area contributed by atoms with E-state index < -0.39 is 6.10 Å². The summed E-state index contributed by atoms with van der Waals surface area (Å²) in [7, 11) is 1.74. The van der Waals surface area contributed by atoms with E-state index in [4.69, 9.17) is 4.74 Å². The van der Waals surface area contributed by atoms with Gasteiger partial charge in [0, 0.05) is 23.9 Å². The topological polar surface area (TPSA) is 71.5 Å². The fraction of sp³-hybridized carbons (Fsp3) is 0.353. The highest BCUT2D eigenvalue weighted by Crippen LogP contribution is 2.37. The summed E-state index contributed by atoms with van der Waals surface area (Å²) in [5.41, 5.74) is 2.34. The number of aromatic nitrogens is 1. The minimum atomic E-state index is -0.481. The lowest BCUT2D eigenvalue weighted by Gasteiger charge is -2.30. The van der Waals surface area contributed by atoms with Crippen molar-refractivity contribution in [3.63, 3.8) is 0 Å². The third kappa shape index (κ3) is 2.99. The first kappa shape index (κ1) is 16.4. The zero-order chi connectivity index (χ0) is 17.4. The molecule has 3 rings (SSSR count). The van der Waals surface area contributed by atoms with Gasteiger partial charge in [-0.1, -0.05) is 13.8 Å². The van der Waals surface area contributed by atoms with Crippen molar-refractivity contribution >= 4 is 34.0 Å². The number of likely N-dealkylation sites (N-methyl/N-ethyl adjacent to an activating group) is 1. The molecule has 2 amide bonds. The van der Waals surface area contributed by atoms with Crippen molar-refractivity contribution < 1.29 is 14.3 Å². The summed E-state index contributed by atoms with van der Waals surface area (Å²) in [5, 5.41) is 5.24. The van der Waals surface area contributed by atoms with Crippen LogP contribution in [0, 0.1) is 5.92 Å². The van der Waals surface area contributed by atoms with E-state index in [-0.39, 0.29) is 17.7 Å². The molecular formula is C17H19N3O3S. The molecule has 2 aromatic rings. The van der Waals surface area contributed by atoms with Crippen molar-refractivity contribution in [2.75, 3.05) is 17.3 Å². The van der Waals surface area contributed by atoms with Gasteiger partial charge in [0.05, 0.1) is 11.4 Å². The molecule has 126 valence electrons. The maximum atomic E-state index is 12.1. The summed E-state index contributed by atoms with van der Waals surface area (Å²) in [6, 6.07) is 5.62. The molecule has 2 heterocycles. The first-order valence-corrected chi connectivity index (χ1v) is 8.60. The van der Waals surface area contributed by atoms with Crippen LogP contribution < -0.4 is 15.0 Å². The summed E-state index contributed by atoms with van der Waals surface area (Å²) < 4.78 is 5.62. The van der Waals surface area contributed by atoms with Gasteiger partial charge >= 0.3 is 0 Å². The number of fused-ring (bicyclic) bond motifs is 1. The van der Waals surface area contributed by atoms with E-state index >= 15 is 0 Å². The Balaban J connectivity index is 1.88. The molecule has 1 N–H and O–H groups in total. The first-order valence-electron chi connectivity index (χ1n) is 7.72. The number of nitrogens with one attached hydrogen (secondary N) is 1. The summed E-state index contributed by atoms with van der Waals surface area (Å²) in [6.45, 7) is 5.40. The van der Waals surface area contributed by atoms with Crippen LogP contribution in [0.4, 0.5) is 10.8 Å². The largest absolute Gasteiger partial charge is 0.479 e. The number of ether oxygens (including phenoxy) is 1. The third-order valence-corrected chi connectivity index (χ3v) is 4.61. The number of amides is 2. The van der Waals surface area contributed by atoms with E-state index in [1.54, 1.807) is 18.9 Å². The van der Waals surface area contributed by atoms with Gasteiger partial charge in [-0.25, -0.2) is 4.98 Å². The van der Waals surface area contributed by atoms with Crippen LogP contribution in [0.3, 0.4) is 0 Å². The number of thiazole rings is 1. The van der Waals surface area contributed by atoms with E-state index in [0.29, 0.717) is 10.9 Å². The Kier molecular flexibility index (Phi) is 4.28. The monoisotopic (exact) mass is 345 g/mol. The Hall–Kier alpha value is -2.41. The van der Waals surface area contributed by atoms with E-state index in [1.165, 1.54) is 11.3 Å². The fourth-order valence-electron chi connectivity index (χ4n) is 2.38. The molecule has 0 aliphatic carbocycles. The summed E-state index contributed by atoms with van der Waals surface area (Å²) >= 11 is 1.37. The molecule has 0 bridgehead atoms. The van der Waals surface area contributed by atoms with Crippen LogP contribution in [0.15, 0.2) is 23.6 Å². The molecule has 0 saturated heterocycles. The van der Waals surface area contributed by atoms with Crippen LogP contribution in [0.2, 0.25) is 0 Å². The SMILES string of the molecule is CC(C)C(=O)Nc1nc(-c2ccc3c(c2)N(C)C(=O)C(C)O3)cs1. The minimum Gasteiger partial charge on any atom is -0.479 e. The average Bonchev–Trinajstić information content (AvgIpc) is 3.01. The molecule has 24 heavy (non-hydrogen) atoms. The lowest BCUT2D eigenvalue weighted by atomic mass is 10.1. The number of carbonyl (C=O) groups is 2.